The second kappa shape index (κ2) is 4.70. The number of aliphatic imine (C=N–C) groups is 2. The van der Waals surface area contributed by atoms with Crippen molar-refractivity contribution in [3.8, 4) is 0 Å². The van der Waals surface area contributed by atoms with Crippen molar-refractivity contribution >= 4 is 28.5 Å². The number of benzene rings is 1. The molecule has 0 N–H and O–H groups in total. The number of para-hydroxylation sites is 1. The van der Waals surface area contributed by atoms with Crippen molar-refractivity contribution in [2.24, 2.45) is 9.98 Å². The molecule has 0 saturated heterocycles. The molecule has 0 amide bonds. The number of thioether (sulfide) groups is 1. The van der Waals surface area contributed by atoms with E-state index in [0.29, 0.717) is 0 Å². The van der Waals surface area contributed by atoms with Gasteiger partial charge in [0.05, 0.1) is 5.69 Å². The standard InChI is InChI=1S/C12H15N3S/c1-9(15(2)3)13-12-14-11-7-5-4-6-10(11)8-16-12/h4-7H,8H2,1-3H3/b13-9+. The summed E-state index contributed by atoms with van der Waals surface area (Å²) >= 11 is 1.69. The summed E-state index contributed by atoms with van der Waals surface area (Å²) in [7, 11) is 3.97. The van der Waals surface area contributed by atoms with Crippen molar-refractivity contribution in [3.05, 3.63) is 29.8 Å². The number of rotatable bonds is 0. The van der Waals surface area contributed by atoms with Crippen LogP contribution in [0.4, 0.5) is 5.69 Å². The van der Waals surface area contributed by atoms with Crippen molar-refractivity contribution in [1.82, 2.24) is 4.90 Å². The van der Waals surface area contributed by atoms with Gasteiger partial charge in [0, 0.05) is 19.8 Å². The van der Waals surface area contributed by atoms with Crippen molar-refractivity contribution in [2.45, 2.75) is 12.7 Å². The first kappa shape index (κ1) is 11.2. The lowest BCUT2D eigenvalue weighted by atomic mass is 10.2. The molecule has 0 fully saturated rings. The zero-order valence-corrected chi connectivity index (χ0v) is 10.6. The largest absolute Gasteiger partial charge is 0.366 e. The predicted molar refractivity (Wildman–Crippen MR) is 71.6 cm³/mol. The van der Waals surface area contributed by atoms with Crippen LogP contribution in [0.25, 0.3) is 0 Å². The Labute approximate surface area is 100 Å². The minimum absolute atomic E-state index is 0.852. The van der Waals surface area contributed by atoms with Crippen molar-refractivity contribution in [2.75, 3.05) is 14.1 Å². The van der Waals surface area contributed by atoms with Crippen LogP contribution < -0.4 is 0 Å². The third-order valence-corrected chi connectivity index (χ3v) is 3.37. The molecule has 0 aliphatic carbocycles. The number of hydrogen-bond donors (Lipinski definition) is 0. The van der Waals surface area contributed by atoms with Crippen LogP contribution in [0, 0.1) is 0 Å². The van der Waals surface area contributed by atoms with Gasteiger partial charge in [0.1, 0.15) is 5.84 Å². The first-order valence-electron chi connectivity index (χ1n) is 5.19. The average Bonchev–Trinajstić information content (AvgIpc) is 2.28. The molecule has 0 aromatic heterocycles. The molecular formula is C12H15N3S. The van der Waals surface area contributed by atoms with E-state index in [1.54, 1.807) is 11.8 Å². The fraction of sp³-hybridized carbons (Fsp3) is 0.333. The maximum absolute atomic E-state index is 4.53. The van der Waals surface area contributed by atoms with E-state index in [0.717, 1.165) is 22.4 Å². The Morgan fingerprint density at radius 1 is 1.38 bits per heavy atom. The smallest absolute Gasteiger partial charge is 0.190 e. The van der Waals surface area contributed by atoms with Gasteiger partial charge in [0.2, 0.25) is 0 Å². The highest BCUT2D eigenvalue weighted by atomic mass is 32.2. The molecule has 0 bridgehead atoms. The second-order valence-corrected chi connectivity index (χ2v) is 4.81. The fourth-order valence-electron chi connectivity index (χ4n) is 1.32. The third-order valence-electron chi connectivity index (χ3n) is 2.47. The summed E-state index contributed by atoms with van der Waals surface area (Å²) in [5.41, 5.74) is 2.33. The summed E-state index contributed by atoms with van der Waals surface area (Å²) in [5.74, 6) is 1.93. The molecule has 1 aliphatic rings. The van der Waals surface area contributed by atoms with Crippen LogP contribution in [0.15, 0.2) is 34.3 Å². The minimum atomic E-state index is 0.852. The quantitative estimate of drug-likeness (QED) is 0.509. The number of amidine groups is 2. The molecule has 0 saturated carbocycles. The highest BCUT2D eigenvalue weighted by molar-refractivity contribution is 8.13. The van der Waals surface area contributed by atoms with E-state index >= 15 is 0 Å². The summed E-state index contributed by atoms with van der Waals surface area (Å²) in [5, 5.41) is 0.852. The van der Waals surface area contributed by atoms with Crippen LogP contribution in [-0.2, 0) is 5.75 Å². The SMILES string of the molecule is C/C(=N\C1=Nc2ccccc2CS1)N(C)C. The molecular weight excluding hydrogens is 218 g/mol. The van der Waals surface area contributed by atoms with Gasteiger partial charge in [-0.05, 0) is 18.6 Å². The molecule has 1 heterocycles. The Bertz CT molecular complexity index is 449. The lowest BCUT2D eigenvalue weighted by Crippen LogP contribution is -2.19. The molecule has 16 heavy (non-hydrogen) atoms. The Morgan fingerprint density at radius 2 is 2.12 bits per heavy atom. The summed E-state index contributed by atoms with van der Waals surface area (Å²) < 4.78 is 0. The van der Waals surface area contributed by atoms with Crippen LogP contribution in [0.2, 0.25) is 0 Å². The monoisotopic (exact) mass is 233 g/mol. The topological polar surface area (TPSA) is 28.0 Å². The van der Waals surface area contributed by atoms with Gasteiger partial charge in [-0.1, -0.05) is 30.0 Å². The van der Waals surface area contributed by atoms with Gasteiger partial charge in [-0.25, -0.2) is 9.98 Å². The van der Waals surface area contributed by atoms with Crippen molar-refractivity contribution in [3.63, 3.8) is 0 Å². The van der Waals surface area contributed by atoms with E-state index < -0.39 is 0 Å². The summed E-state index contributed by atoms with van der Waals surface area (Å²) in [6.07, 6.45) is 0. The molecule has 84 valence electrons. The fourth-order valence-corrected chi connectivity index (χ4v) is 2.20. The summed E-state index contributed by atoms with van der Waals surface area (Å²) in [6.45, 7) is 1.99. The van der Waals surface area contributed by atoms with E-state index in [1.807, 2.05) is 44.1 Å². The Hall–Kier alpha value is -1.29. The Morgan fingerprint density at radius 3 is 2.88 bits per heavy atom. The van der Waals surface area contributed by atoms with Gasteiger partial charge in [-0.15, -0.1) is 0 Å². The van der Waals surface area contributed by atoms with Crippen molar-refractivity contribution in [1.29, 1.82) is 0 Å². The zero-order valence-electron chi connectivity index (χ0n) is 9.77. The van der Waals surface area contributed by atoms with Gasteiger partial charge >= 0.3 is 0 Å². The predicted octanol–water partition coefficient (Wildman–Crippen LogP) is 2.90. The molecule has 2 rings (SSSR count). The van der Waals surface area contributed by atoms with Crippen LogP contribution in [0.5, 0.6) is 0 Å². The lowest BCUT2D eigenvalue weighted by molar-refractivity contribution is 0.620. The maximum Gasteiger partial charge on any atom is 0.190 e. The van der Waals surface area contributed by atoms with E-state index in [2.05, 4.69) is 16.1 Å². The van der Waals surface area contributed by atoms with Gasteiger partial charge in [-0.3, -0.25) is 0 Å². The van der Waals surface area contributed by atoms with E-state index in [1.165, 1.54) is 5.56 Å². The number of hydrogen-bond acceptors (Lipinski definition) is 3. The first-order valence-corrected chi connectivity index (χ1v) is 6.17. The Balaban J connectivity index is 2.28. The second-order valence-electron chi connectivity index (χ2n) is 3.87. The lowest BCUT2D eigenvalue weighted by Gasteiger charge is -2.15. The molecule has 0 spiro atoms. The van der Waals surface area contributed by atoms with Crippen LogP contribution in [0.1, 0.15) is 12.5 Å². The maximum atomic E-state index is 4.53. The normalized spacial score (nSPS) is 15.4. The van der Waals surface area contributed by atoms with Gasteiger partial charge in [0.25, 0.3) is 0 Å². The highest BCUT2D eigenvalue weighted by Gasteiger charge is 2.11. The highest BCUT2D eigenvalue weighted by Crippen LogP contribution is 2.30. The van der Waals surface area contributed by atoms with E-state index in [-0.39, 0.29) is 0 Å². The third kappa shape index (κ3) is 2.44. The summed E-state index contributed by atoms with van der Waals surface area (Å²) in [4.78, 5) is 11.0. The molecule has 0 unspecified atom stereocenters. The molecule has 1 aromatic rings. The number of nitrogens with zero attached hydrogens (tertiary/aromatic N) is 3. The van der Waals surface area contributed by atoms with Crippen LogP contribution in [-0.4, -0.2) is 30.0 Å². The molecule has 1 aromatic carbocycles. The first-order chi connectivity index (χ1) is 7.66. The molecule has 1 aliphatic heterocycles. The van der Waals surface area contributed by atoms with Gasteiger partial charge in [-0.2, -0.15) is 0 Å². The molecule has 3 nitrogen and oxygen atoms in total. The van der Waals surface area contributed by atoms with E-state index in [9.17, 15) is 0 Å². The van der Waals surface area contributed by atoms with Crippen LogP contribution in [0.3, 0.4) is 0 Å². The van der Waals surface area contributed by atoms with Crippen molar-refractivity contribution < 1.29 is 0 Å². The summed E-state index contributed by atoms with van der Waals surface area (Å²) in [6, 6.07) is 8.22. The van der Waals surface area contributed by atoms with Gasteiger partial charge in [0.15, 0.2) is 5.17 Å². The Kier molecular flexibility index (Phi) is 3.29. The minimum Gasteiger partial charge on any atom is -0.366 e. The molecule has 0 atom stereocenters. The molecule has 0 radical (unpaired) electrons. The number of fused-ring (bicyclic) bond motifs is 1. The van der Waals surface area contributed by atoms with E-state index in [4.69, 9.17) is 0 Å². The molecule has 4 heteroatoms. The zero-order chi connectivity index (χ0) is 11.5. The van der Waals surface area contributed by atoms with Crippen LogP contribution >= 0.6 is 11.8 Å². The van der Waals surface area contributed by atoms with Gasteiger partial charge < -0.3 is 4.90 Å². The average molecular weight is 233 g/mol.